The quantitative estimate of drug-likeness (QED) is 0.790. The zero-order valence-corrected chi connectivity index (χ0v) is 14.3. The number of hydrogen-bond donors (Lipinski definition) is 0. The van der Waals surface area contributed by atoms with Gasteiger partial charge in [-0.3, -0.25) is 4.79 Å². The number of aryl methyl sites for hydroxylation is 2. The predicted molar refractivity (Wildman–Crippen MR) is 86.4 cm³/mol. The van der Waals surface area contributed by atoms with Crippen molar-refractivity contribution in [2.24, 2.45) is 0 Å². The van der Waals surface area contributed by atoms with Gasteiger partial charge < -0.3 is 9.47 Å². The van der Waals surface area contributed by atoms with Crippen LogP contribution in [0.25, 0.3) is 0 Å². The van der Waals surface area contributed by atoms with Crippen LogP contribution >= 0.6 is 0 Å². The largest absolute Gasteiger partial charge is 0.481 e. The number of ether oxygens (including phenoxy) is 2. The Balaban J connectivity index is 2.66. The third-order valence-electron chi connectivity index (χ3n) is 3.39. The van der Waals surface area contributed by atoms with Crippen molar-refractivity contribution in [2.75, 3.05) is 14.2 Å². The Morgan fingerprint density at radius 2 is 1.74 bits per heavy atom. The smallest absolute Gasteiger partial charge is 0.320 e. The normalized spacial score (nSPS) is 10.7. The van der Waals surface area contributed by atoms with E-state index in [1.54, 1.807) is 6.07 Å². The van der Waals surface area contributed by atoms with Crippen LogP contribution in [0.2, 0.25) is 0 Å². The fourth-order valence-electron chi connectivity index (χ4n) is 2.45. The number of methoxy groups -OCH3 is 2. The molecule has 2 rings (SSSR count). The molecule has 6 heteroatoms. The molecule has 0 aliphatic heterocycles. The maximum absolute atomic E-state index is 12.9. The van der Waals surface area contributed by atoms with Gasteiger partial charge in [0.05, 0.1) is 14.2 Å². The second-order valence-electron chi connectivity index (χ2n) is 5.64. The lowest BCUT2D eigenvalue weighted by Crippen LogP contribution is -2.15. The maximum Gasteiger partial charge on any atom is 0.320 e. The molecule has 0 fully saturated rings. The third-order valence-corrected chi connectivity index (χ3v) is 3.39. The Morgan fingerprint density at radius 3 is 2.26 bits per heavy atom. The molecule has 0 unspecified atom stereocenters. The summed E-state index contributed by atoms with van der Waals surface area (Å²) in [4.78, 5) is 25.7. The molecular formula is C17H21N3O3. The highest BCUT2D eigenvalue weighted by Gasteiger charge is 2.25. The summed E-state index contributed by atoms with van der Waals surface area (Å²) < 4.78 is 10.4. The minimum absolute atomic E-state index is 0.0145. The average molecular weight is 315 g/mol. The van der Waals surface area contributed by atoms with E-state index in [0.29, 0.717) is 17.1 Å². The van der Waals surface area contributed by atoms with Crippen LogP contribution in [0.15, 0.2) is 12.1 Å². The minimum Gasteiger partial charge on any atom is -0.481 e. The maximum atomic E-state index is 12.9. The summed E-state index contributed by atoms with van der Waals surface area (Å²) in [6.45, 7) is 7.70. The van der Waals surface area contributed by atoms with Crippen molar-refractivity contribution in [1.29, 1.82) is 0 Å². The molecule has 0 spiro atoms. The number of pyridine rings is 1. The van der Waals surface area contributed by atoms with E-state index in [2.05, 4.69) is 15.0 Å². The van der Waals surface area contributed by atoms with Crippen molar-refractivity contribution in [3.63, 3.8) is 0 Å². The van der Waals surface area contributed by atoms with Crippen LogP contribution in [0.3, 0.4) is 0 Å². The minimum atomic E-state index is -0.264. The molecule has 0 saturated heterocycles. The summed E-state index contributed by atoms with van der Waals surface area (Å²) in [6.07, 6.45) is 0. The van der Waals surface area contributed by atoms with Crippen LogP contribution in [-0.2, 0) is 0 Å². The Bertz CT molecular complexity index is 722. The first kappa shape index (κ1) is 16.9. The second kappa shape index (κ2) is 6.73. The number of nitrogens with zero attached hydrogens (tertiary/aromatic N) is 3. The van der Waals surface area contributed by atoms with Crippen LogP contribution in [0.5, 0.6) is 11.9 Å². The molecule has 0 aromatic carbocycles. The summed E-state index contributed by atoms with van der Waals surface area (Å²) >= 11 is 0. The van der Waals surface area contributed by atoms with E-state index in [1.807, 2.05) is 33.8 Å². The van der Waals surface area contributed by atoms with Gasteiger partial charge in [-0.2, -0.15) is 9.97 Å². The van der Waals surface area contributed by atoms with Crippen molar-refractivity contribution in [3.8, 4) is 11.9 Å². The Morgan fingerprint density at radius 1 is 1.04 bits per heavy atom. The summed E-state index contributed by atoms with van der Waals surface area (Å²) in [5.41, 5.74) is 3.03. The molecule has 0 radical (unpaired) electrons. The fraction of sp³-hybridized carbons (Fsp3) is 0.412. The van der Waals surface area contributed by atoms with Crippen molar-refractivity contribution in [3.05, 3.63) is 40.3 Å². The molecule has 0 aliphatic rings. The lowest BCUT2D eigenvalue weighted by Gasteiger charge is -2.15. The molecule has 6 nitrogen and oxygen atoms in total. The summed E-state index contributed by atoms with van der Waals surface area (Å²) in [7, 11) is 2.96. The van der Waals surface area contributed by atoms with Gasteiger partial charge in [0.15, 0.2) is 0 Å². The topological polar surface area (TPSA) is 74.2 Å². The van der Waals surface area contributed by atoms with E-state index in [-0.39, 0.29) is 23.4 Å². The van der Waals surface area contributed by atoms with E-state index in [9.17, 15) is 4.79 Å². The van der Waals surface area contributed by atoms with E-state index in [4.69, 9.17) is 9.47 Å². The molecule has 0 bridgehead atoms. The number of carbonyl (C=O) groups excluding carboxylic acids is 1. The molecule has 2 aromatic heterocycles. The highest BCUT2D eigenvalue weighted by Crippen LogP contribution is 2.30. The van der Waals surface area contributed by atoms with Crippen molar-refractivity contribution >= 4 is 5.78 Å². The monoisotopic (exact) mass is 315 g/mol. The number of aromatic nitrogens is 3. The van der Waals surface area contributed by atoms with Crippen LogP contribution in [0, 0.1) is 13.8 Å². The second-order valence-corrected chi connectivity index (χ2v) is 5.64. The number of carbonyl (C=O) groups is 1. The van der Waals surface area contributed by atoms with E-state index in [0.717, 1.165) is 11.3 Å². The standard InChI is InChI=1S/C17H21N3O3/c1-9(2)13-14(19-17(23-6)20-16(13)22-5)15(21)12-8-10(3)7-11(4)18-12/h7-9H,1-6H3. The highest BCUT2D eigenvalue weighted by molar-refractivity contribution is 6.07. The Kier molecular flexibility index (Phi) is 4.93. The SMILES string of the molecule is COc1nc(OC)c(C(C)C)c(C(=O)c2cc(C)cc(C)n2)n1. The molecule has 0 amide bonds. The van der Waals surface area contributed by atoms with Crippen molar-refractivity contribution in [1.82, 2.24) is 15.0 Å². The average Bonchev–Trinajstić information content (AvgIpc) is 2.51. The van der Waals surface area contributed by atoms with Gasteiger partial charge in [-0.05, 0) is 37.5 Å². The van der Waals surface area contributed by atoms with Crippen LogP contribution in [0.4, 0.5) is 0 Å². The Hall–Kier alpha value is -2.50. The number of ketones is 1. The summed E-state index contributed by atoms with van der Waals surface area (Å²) in [6, 6.07) is 3.76. The third kappa shape index (κ3) is 3.47. The zero-order valence-electron chi connectivity index (χ0n) is 14.3. The zero-order chi connectivity index (χ0) is 17.1. The number of hydrogen-bond acceptors (Lipinski definition) is 6. The van der Waals surface area contributed by atoms with Gasteiger partial charge in [0.1, 0.15) is 11.4 Å². The van der Waals surface area contributed by atoms with Gasteiger partial charge in [-0.1, -0.05) is 13.8 Å². The lowest BCUT2D eigenvalue weighted by molar-refractivity contribution is 0.102. The Labute approximate surface area is 135 Å². The van der Waals surface area contributed by atoms with E-state index in [1.165, 1.54) is 14.2 Å². The van der Waals surface area contributed by atoms with Crippen LogP contribution in [0.1, 0.15) is 52.8 Å². The van der Waals surface area contributed by atoms with Gasteiger partial charge in [-0.15, -0.1) is 0 Å². The van der Waals surface area contributed by atoms with Gasteiger partial charge in [0.2, 0.25) is 11.7 Å². The van der Waals surface area contributed by atoms with Crippen LogP contribution in [-0.4, -0.2) is 35.0 Å². The van der Waals surface area contributed by atoms with E-state index >= 15 is 0 Å². The summed E-state index contributed by atoms with van der Waals surface area (Å²) in [5, 5.41) is 0. The fourth-order valence-corrected chi connectivity index (χ4v) is 2.45. The van der Waals surface area contributed by atoms with Gasteiger partial charge in [0.25, 0.3) is 0 Å². The summed E-state index contributed by atoms with van der Waals surface area (Å²) in [5.74, 6) is 0.0970. The van der Waals surface area contributed by atoms with Gasteiger partial charge in [-0.25, -0.2) is 4.98 Å². The molecule has 0 saturated carbocycles. The van der Waals surface area contributed by atoms with Crippen molar-refractivity contribution < 1.29 is 14.3 Å². The van der Waals surface area contributed by atoms with Crippen LogP contribution < -0.4 is 9.47 Å². The van der Waals surface area contributed by atoms with E-state index < -0.39 is 0 Å². The predicted octanol–water partition coefficient (Wildman–Crippen LogP) is 2.86. The first-order valence-electron chi connectivity index (χ1n) is 7.37. The number of rotatable bonds is 5. The lowest BCUT2D eigenvalue weighted by atomic mass is 9.98. The molecule has 23 heavy (non-hydrogen) atoms. The first-order valence-corrected chi connectivity index (χ1v) is 7.37. The van der Waals surface area contributed by atoms with Gasteiger partial charge >= 0.3 is 6.01 Å². The molecule has 0 atom stereocenters. The molecule has 2 aromatic rings. The van der Waals surface area contributed by atoms with Gasteiger partial charge in [0, 0.05) is 11.3 Å². The molecule has 2 heterocycles. The highest BCUT2D eigenvalue weighted by atomic mass is 16.5. The van der Waals surface area contributed by atoms with Crippen molar-refractivity contribution in [2.45, 2.75) is 33.6 Å². The first-order chi connectivity index (χ1) is 10.9. The molecule has 0 aliphatic carbocycles. The molecule has 0 N–H and O–H groups in total. The molecule has 122 valence electrons. The molecular weight excluding hydrogens is 294 g/mol.